The average molecular weight is 304 g/mol. The summed E-state index contributed by atoms with van der Waals surface area (Å²) in [5.74, 6) is -9.24. The highest BCUT2D eigenvalue weighted by molar-refractivity contribution is 4.96. The largest absolute Gasteiger partial charge is 0.469 e. The highest BCUT2D eigenvalue weighted by Crippen LogP contribution is 2.50. The third-order valence-corrected chi connectivity index (χ3v) is 1.55. The number of hydrogen-bond acceptors (Lipinski definition) is 2. The van der Waals surface area contributed by atoms with E-state index in [1.807, 2.05) is 6.58 Å². The Bertz CT molecular complexity index is 362. The van der Waals surface area contributed by atoms with Crippen molar-refractivity contribution in [2.24, 2.45) is 0 Å². The first-order valence-electron chi connectivity index (χ1n) is 4.06. The molecule has 0 heterocycles. The molecule has 0 spiro atoms. The molecule has 0 aliphatic heterocycles. The number of ether oxygens (including phenoxy) is 2. The van der Waals surface area contributed by atoms with Gasteiger partial charge in [0.1, 0.15) is 0 Å². The van der Waals surface area contributed by atoms with E-state index in [1.165, 1.54) is 0 Å². The van der Waals surface area contributed by atoms with Crippen molar-refractivity contribution in [3.8, 4) is 0 Å². The molecule has 1 atom stereocenters. The van der Waals surface area contributed by atoms with Crippen molar-refractivity contribution >= 4 is 0 Å². The van der Waals surface area contributed by atoms with Crippen LogP contribution in [0.4, 0.5) is 39.5 Å². The minimum Gasteiger partial charge on any atom is -0.437 e. The molecule has 0 radical (unpaired) electrons. The highest BCUT2D eigenvalue weighted by atomic mass is 19.4. The molecule has 11 heteroatoms. The van der Waals surface area contributed by atoms with Gasteiger partial charge in [-0.2, -0.15) is 35.1 Å². The van der Waals surface area contributed by atoms with Crippen LogP contribution in [0, 0.1) is 0 Å². The van der Waals surface area contributed by atoms with Crippen molar-refractivity contribution in [1.82, 2.24) is 0 Å². The van der Waals surface area contributed by atoms with Crippen LogP contribution in [0.3, 0.4) is 0 Å². The molecule has 0 amide bonds. The van der Waals surface area contributed by atoms with Crippen LogP contribution in [0.15, 0.2) is 25.2 Å². The van der Waals surface area contributed by atoms with E-state index >= 15 is 0 Å². The van der Waals surface area contributed by atoms with Crippen LogP contribution >= 0.6 is 0 Å². The third-order valence-electron chi connectivity index (χ3n) is 1.55. The quantitative estimate of drug-likeness (QED) is 0.544. The first kappa shape index (κ1) is 17.6. The molecule has 2 nitrogen and oxygen atoms in total. The minimum absolute atomic E-state index is 0.341. The van der Waals surface area contributed by atoms with Gasteiger partial charge in [-0.05, 0) is 0 Å². The Hall–Kier alpha value is -1.39. The second-order valence-electron chi connectivity index (χ2n) is 2.92. The molecule has 0 saturated carbocycles. The van der Waals surface area contributed by atoms with Gasteiger partial charge in [0, 0.05) is 0 Å². The Morgan fingerprint density at radius 1 is 0.947 bits per heavy atom. The number of halogens is 9. The monoisotopic (exact) mass is 304 g/mol. The van der Waals surface area contributed by atoms with E-state index in [1.54, 1.807) is 0 Å². The molecule has 0 bridgehead atoms. The molecule has 0 aromatic carbocycles. The second-order valence-corrected chi connectivity index (χ2v) is 2.92. The number of rotatable bonds is 6. The van der Waals surface area contributed by atoms with E-state index in [2.05, 4.69) is 16.1 Å². The lowest BCUT2D eigenvalue weighted by Crippen LogP contribution is -2.60. The molecule has 0 fully saturated rings. The van der Waals surface area contributed by atoms with Gasteiger partial charge < -0.3 is 4.74 Å². The predicted molar refractivity (Wildman–Crippen MR) is 42.4 cm³/mol. The van der Waals surface area contributed by atoms with E-state index in [4.69, 9.17) is 0 Å². The van der Waals surface area contributed by atoms with Crippen LogP contribution in [0.25, 0.3) is 0 Å². The van der Waals surface area contributed by atoms with Crippen molar-refractivity contribution in [3.05, 3.63) is 25.2 Å². The molecular formula is C8H5F9O2. The zero-order chi connectivity index (χ0) is 15.7. The van der Waals surface area contributed by atoms with Gasteiger partial charge in [0.25, 0.3) is 0 Å². The van der Waals surface area contributed by atoms with E-state index in [0.29, 0.717) is 0 Å². The standard InChI is InChI=1S/C8H5F9O2/c1-3-18-8(16,17)6(12,7(13,14)15)19-5(10,11)4(2)9/h3H,1-2H2. The average Bonchev–Trinajstić information content (AvgIpc) is 2.14. The summed E-state index contributed by atoms with van der Waals surface area (Å²) in [4.78, 5) is 0. The van der Waals surface area contributed by atoms with Gasteiger partial charge in [-0.3, -0.25) is 4.74 Å². The maximum Gasteiger partial charge on any atom is 0.469 e. The molecular weight excluding hydrogens is 299 g/mol. The Balaban J connectivity index is 5.71. The molecule has 0 rings (SSSR count). The smallest absolute Gasteiger partial charge is 0.437 e. The summed E-state index contributed by atoms with van der Waals surface area (Å²) in [7, 11) is 0. The van der Waals surface area contributed by atoms with E-state index in [9.17, 15) is 39.5 Å². The van der Waals surface area contributed by atoms with Gasteiger partial charge in [-0.25, -0.2) is 4.39 Å². The highest BCUT2D eigenvalue weighted by Gasteiger charge is 2.78. The molecule has 0 aromatic heterocycles. The van der Waals surface area contributed by atoms with Gasteiger partial charge in [-0.1, -0.05) is 13.2 Å². The number of alkyl halides is 8. The normalized spacial score (nSPS) is 16.7. The SMILES string of the molecule is C=COC(F)(F)C(F)(OC(F)(F)C(=C)F)C(F)(F)F. The van der Waals surface area contributed by atoms with E-state index < -0.39 is 30.1 Å². The fourth-order valence-electron chi connectivity index (χ4n) is 0.695. The fourth-order valence-corrected chi connectivity index (χ4v) is 0.695. The second kappa shape index (κ2) is 4.94. The molecule has 112 valence electrons. The lowest BCUT2D eigenvalue weighted by Gasteiger charge is -2.34. The summed E-state index contributed by atoms with van der Waals surface area (Å²) in [6, 6.07) is 0. The van der Waals surface area contributed by atoms with Crippen LogP contribution in [-0.4, -0.2) is 24.2 Å². The van der Waals surface area contributed by atoms with Gasteiger partial charge in [0.2, 0.25) is 0 Å². The van der Waals surface area contributed by atoms with Gasteiger partial charge in [-0.15, -0.1) is 0 Å². The molecule has 0 saturated heterocycles. The van der Waals surface area contributed by atoms with Crippen LogP contribution in [0.1, 0.15) is 0 Å². The van der Waals surface area contributed by atoms with Crippen molar-refractivity contribution in [2.75, 3.05) is 0 Å². The lowest BCUT2D eigenvalue weighted by atomic mass is 10.2. The van der Waals surface area contributed by atoms with Crippen molar-refractivity contribution in [1.29, 1.82) is 0 Å². The Kier molecular flexibility index (Phi) is 4.58. The maximum absolute atomic E-state index is 13.2. The number of hydrogen-bond donors (Lipinski definition) is 0. The van der Waals surface area contributed by atoms with Gasteiger partial charge in [0.15, 0.2) is 5.83 Å². The third kappa shape index (κ3) is 3.33. The van der Waals surface area contributed by atoms with Gasteiger partial charge >= 0.3 is 24.2 Å². The maximum atomic E-state index is 13.2. The van der Waals surface area contributed by atoms with Crippen molar-refractivity contribution < 1.29 is 49.0 Å². The summed E-state index contributed by atoms with van der Waals surface area (Å²) in [6.45, 7) is 4.24. The van der Waals surface area contributed by atoms with E-state index in [0.717, 1.165) is 0 Å². The summed E-state index contributed by atoms with van der Waals surface area (Å²) < 4.78 is 117. The molecule has 1 unspecified atom stereocenters. The molecule has 0 aromatic rings. The molecule has 19 heavy (non-hydrogen) atoms. The van der Waals surface area contributed by atoms with Crippen LogP contribution < -0.4 is 0 Å². The van der Waals surface area contributed by atoms with Gasteiger partial charge in [0.05, 0.1) is 6.26 Å². The van der Waals surface area contributed by atoms with Crippen LogP contribution in [-0.2, 0) is 9.47 Å². The Labute approximate surface area is 99.6 Å². The Morgan fingerprint density at radius 2 is 1.37 bits per heavy atom. The topological polar surface area (TPSA) is 18.5 Å². The van der Waals surface area contributed by atoms with E-state index in [-0.39, 0.29) is 6.26 Å². The summed E-state index contributed by atoms with van der Waals surface area (Å²) in [6.07, 6.45) is -18.6. The zero-order valence-electron chi connectivity index (χ0n) is 8.71. The molecule has 0 aliphatic carbocycles. The molecule has 0 aliphatic rings. The Morgan fingerprint density at radius 3 is 1.63 bits per heavy atom. The zero-order valence-corrected chi connectivity index (χ0v) is 8.71. The first-order chi connectivity index (χ1) is 8.21. The lowest BCUT2D eigenvalue weighted by molar-refractivity contribution is -0.489. The van der Waals surface area contributed by atoms with Crippen LogP contribution in [0.2, 0.25) is 0 Å². The molecule has 0 N–H and O–H groups in total. The summed E-state index contributed by atoms with van der Waals surface area (Å²) >= 11 is 0. The fraction of sp³-hybridized carbons (Fsp3) is 0.500. The first-order valence-corrected chi connectivity index (χ1v) is 4.06. The predicted octanol–water partition coefficient (Wildman–Crippen LogP) is 4.06. The summed E-state index contributed by atoms with van der Waals surface area (Å²) in [5, 5.41) is 0. The van der Waals surface area contributed by atoms with Crippen LogP contribution in [0.5, 0.6) is 0 Å². The minimum atomic E-state index is -6.67. The van der Waals surface area contributed by atoms with Crippen molar-refractivity contribution in [2.45, 2.75) is 24.2 Å². The summed E-state index contributed by atoms with van der Waals surface area (Å²) in [5.41, 5.74) is 0. The van der Waals surface area contributed by atoms with Crippen molar-refractivity contribution in [3.63, 3.8) is 0 Å².